The molecule has 5 heteroatoms. The first kappa shape index (κ1) is 10.0. The summed E-state index contributed by atoms with van der Waals surface area (Å²) in [4.78, 5) is 22.2. The number of hydrogen-bond donors (Lipinski definition) is 2. The largest absolute Gasteiger partial charge is 0.465 e. The third-order valence-corrected chi connectivity index (χ3v) is 1.75. The lowest BCUT2D eigenvalue weighted by Gasteiger charge is -2.06. The Balaban J connectivity index is 3.35. The fourth-order valence-electron chi connectivity index (χ4n) is 1.13. The van der Waals surface area contributed by atoms with Crippen LogP contribution in [-0.2, 0) is 4.74 Å². The van der Waals surface area contributed by atoms with E-state index in [1.54, 1.807) is 6.07 Å². The molecule has 0 aromatic heterocycles. The molecule has 1 amide bonds. The van der Waals surface area contributed by atoms with Gasteiger partial charge in [-0.2, -0.15) is 0 Å². The molecule has 0 heterocycles. The minimum absolute atomic E-state index is 0.000602. The van der Waals surface area contributed by atoms with Crippen molar-refractivity contribution in [3.63, 3.8) is 0 Å². The van der Waals surface area contributed by atoms with Gasteiger partial charge in [0.25, 0.3) is 5.91 Å². The number of methoxy groups -OCH3 is 1. The Morgan fingerprint density at radius 2 is 2.00 bits per heavy atom. The number of amides is 1. The summed E-state index contributed by atoms with van der Waals surface area (Å²) in [7, 11) is 1.22. The summed E-state index contributed by atoms with van der Waals surface area (Å²) < 4.78 is 4.48. The Labute approximate surface area is 80.6 Å². The molecule has 1 rings (SSSR count). The summed E-state index contributed by atoms with van der Waals surface area (Å²) in [5, 5.41) is 0. The standard InChI is InChI=1S/C9H10N2O3/c1-14-9(13)5-3-2-4-6(10)7(5)8(11)12/h2-4H,10H2,1H3,(H2,11,12). The second kappa shape index (κ2) is 3.78. The maximum Gasteiger partial charge on any atom is 0.338 e. The fraction of sp³-hybridized carbons (Fsp3) is 0.111. The van der Waals surface area contributed by atoms with Crippen molar-refractivity contribution in [2.45, 2.75) is 0 Å². The lowest BCUT2D eigenvalue weighted by atomic mass is 10.1. The van der Waals surface area contributed by atoms with Crippen LogP contribution in [0.1, 0.15) is 20.7 Å². The van der Waals surface area contributed by atoms with Gasteiger partial charge in [0, 0.05) is 5.69 Å². The molecule has 0 spiro atoms. The van der Waals surface area contributed by atoms with E-state index >= 15 is 0 Å². The highest BCUT2D eigenvalue weighted by atomic mass is 16.5. The molecule has 0 saturated carbocycles. The zero-order valence-electron chi connectivity index (χ0n) is 7.61. The van der Waals surface area contributed by atoms with Crippen LogP contribution >= 0.6 is 0 Å². The maximum absolute atomic E-state index is 11.2. The summed E-state index contributed by atoms with van der Waals surface area (Å²) in [5.41, 5.74) is 10.8. The minimum atomic E-state index is -0.747. The van der Waals surface area contributed by atoms with E-state index in [9.17, 15) is 9.59 Å². The molecule has 0 aliphatic carbocycles. The molecule has 74 valence electrons. The molecule has 0 saturated heterocycles. The molecular formula is C9H10N2O3. The number of anilines is 1. The second-order valence-corrected chi connectivity index (χ2v) is 2.63. The number of benzene rings is 1. The highest BCUT2D eigenvalue weighted by Gasteiger charge is 2.17. The SMILES string of the molecule is COC(=O)c1cccc(N)c1C(N)=O. The van der Waals surface area contributed by atoms with Crippen LogP contribution in [0, 0.1) is 0 Å². The van der Waals surface area contributed by atoms with Crippen molar-refractivity contribution in [2.24, 2.45) is 5.73 Å². The lowest BCUT2D eigenvalue weighted by molar-refractivity contribution is 0.0597. The predicted molar refractivity (Wildman–Crippen MR) is 50.7 cm³/mol. The van der Waals surface area contributed by atoms with E-state index in [0.717, 1.165) is 0 Å². The highest BCUT2D eigenvalue weighted by Crippen LogP contribution is 2.16. The van der Waals surface area contributed by atoms with E-state index in [4.69, 9.17) is 11.5 Å². The average molecular weight is 194 g/mol. The number of nitrogen functional groups attached to an aromatic ring is 1. The smallest absolute Gasteiger partial charge is 0.338 e. The molecule has 1 aromatic rings. The van der Waals surface area contributed by atoms with Gasteiger partial charge in [0.2, 0.25) is 0 Å². The first-order chi connectivity index (χ1) is 6.57. The molecular weight excluding hydrogens is 184 g/mol. The van der Waals surface area contributed by atoms with Crippen molar-refractivity contribution in [2.75, 3.05) is 12.8 Å². The van der Waals surface area contributed by atoms with Crippen molar-refractivity contribution in [3.05, 3.63) is 29.3 Å². The van der Waals surface area contributed by atoms with Crippen LogP contribution < -0.4 is 11.5 Å². The van der Waals surface area contributed by atoms with E-state index in [2.05, 4.69) is 4.74 Å². The predicted octanol–water partition coefficient (Wildman–Crippen LogP) is 0.154. The van der Waals surface area contributed by atoms with Crippen molar-refractivity contribution < 1.29 is 14.3 Å². The molecule has 0 bridgehead atoms. The Morgan fingerprint density at radius 1 is 1.36 bits per heavy atom. The highest BCUT2D eigenvalue weighted by molar-refractivity contribution is 6.08. The molecule has 0 unspecified atom stereocenters. The first-order valence-electron chi connectivity index (χ1n) is 3.84. The Kier molecular flexibility index (Phi) is 2.71. The number of ether oxygens (including phenoxy) is 1. The van der Waals surface area contributed by atoms with Crippen LogP contribution in [0.15, 0.2) is 18.2 Å². The molecule has 0 aliphatic heterocycles. The van der Waals surface area contributed by atoms with E-state index in [-0.39, 0.29) is 16.8 Å². The molecule has 5 nitrogen and oxygen atoms in total. The van der Waals surface area contributed by atoms with Gasteiger partial charge in [-0.05, 0) is 12.1 Å². The summed E-state index contributed by atoms with van der Waals surface area (Å²) in [6, 6.07) is 4.48. The normalized spacial score (nSPS) is 9.50. The number of rotatable bonds is 2. The average Bonchev–Trinajstić information content (AvgIpc) is 2.15. The quantitative estimate of drug-likeness (QED) is 0.517. The van der Waals surface area contributed by atoms with Crippen molar-refractivity contribution in [3.8, 4) is 0 Å². The number of carbonyl (C=O) groups excluding carboxylic acids is 2. The van der Waals surface area contributed by atoms with Gasteiger partial charge in [0.1, 0.15) is 0 Å². The van der Waals surface area contributed by atoms with E-state index in [1.807, 2.05) is 0 Å². The van der Waals surface area contributed by atoms with Crippen LogP contribution in [-0.4, -0.2) is 19.0 Å². The molecule has 0 fully saturated rings. The third kappa shape index (κ3) is 1.66. The Morgan fingerprint density at radius 3 is 2.50 bits per heavy atom. The molecule has 0 aliphatic rings. The summed E-state index contributed by atoms with van der Waals surface area (Å²) in [5.74, 6) is -1.38. The van der Waals surface area contributed by atoms with Gasteiger partial charge < -0.3 is 16.2 Å². The molecule has 14 heavy (non-hydrogen) atoms. The summed E-state index contributed by atoms with van der Waals surface area (Å²) in [6.45, 7) is 0. The number of nitrogens with two attached hydrogens (primary N) is 2. The summed E-state index contributed by atoms with van der Waals surface area (Å²) >= 11 is 0. The number of primary amides is 1. The minimum Gasteiger partial charge on any atom is -0.465 e. The molecule has 4 N–H and O–H groups in total. The zero-order chi connectivity index (χ0) is 10.7. The van der Waals surface area contributed by atoms with Gasteiger partial charge in [0.15, 0.2) is 0 Å². The third-order valence-electron chi connectivity index (χ3n) is 1.75. The van der Waals surface area contributed by atoms with E-state index in [1.165, 1.54) is 19.2 Å². The molecule has 0 atom stereocenters. The van der Waals surface area contributed by atoms with Gasteiger partial charge in [-0.15, -0.1) is 0 Å². The van der Waals surface area contributed by atoms with E-state index < -0.39 is 11.9 Å². The first-order valence-corrected chi connectivity index (χ1v) is 3.84. The number of hydrogen-bond acceptors (Lipinski definition) is 4. The Hall–Kier alpha value is -2.04. The topological polar surface area (TPSA) is 95.4 Å². The van der Waals surface area contributed by atoms with Crippen molar-refractivity contribution in [1.82, 2.24) is 0 Å². The maximum atomic E-state index is 11.2. The Bertz CT molecular complexity index is 388. The second-order valence-electron chi connectivity index (χ2n) is 2.63. The molecule has 0 radical (unpaired) electrons. The fourth-order valence-corrected chi connectivity index (χ4v) is 1.13. The van der Waals surface area contributed by atoms with E-state index in [0.29, 0.717) is 0 Å². The van der Waals surface area contributed by atoms with Gasteiger partial charge >= 0.3 is 5.97 Å². The lowest BCUT2D eigenvalue weighted by Crippen LogP contribution is -2.19. The summed E-state index contributed by atoms with van der Waals surface area (Å²) in [6.07, 6.45) is 0. The van der Waals surface area contributed by atoms with Crippen LogP contribution in [0.4, 0.5) is 5.69 Å². The van der Waals surface area contributed by atoms with Crippen LogP contribution in [0.3, 0.4) is 0 Å². The van der Waals surface area contributed by atoms with Crippen LogP contribution in [0.25, 0.3) is 0 Å². The molecule has 1 aromatic carbocycles. The van der Waals surface area contributed by atoms with Crippen LogP contribution in [0.2, 0.25) is 0 Å². The van der Waals surface area contributed by atoms with Gasteiger partial charge in [-0.3, -0.25) is 4.79 Å². The van der Waals surface area contributed by atoms with Gasteiger partial charge in [0.05, 0.1) is 18.2 Å². The number of esters is 1. The number of carbonyl (C=O) groups is 2. The monoisotopic (exact) mass is 194 g/mol. The van der Waals surface area contributed by atoms with Crippen molar-refractivity contribution in [1.29, 1.82) is 0 Å². The van der Waals surface area contributed by atoms with Gasteiger partial charge in [-0.1, -0.05) is 6.07 Å². The van der Waals surface area contributed by atoms with Crippen LogP contribution in [0.5, 0.6) is 0 Å². The zero-order valence-corrected chi connectivity index (χ0v) is 7.61. The van der Waals surface area contributed by atoms with Crippen molar-refractivity contribution >= 4 is 17.6 Å². The van der Waals surface area contributed by atoms with Gasteiger partial charge in [-0.25, -0.2) is 4.79 Å².